The van der Waals surface area contributed by atoms with Gasteiger partial charge in [0.15, 0.2) is 0 Å². The summed E-state index contributed by atoms with van der Waals surface area (Å²) in [4.78, 5) is 0. The highest BCUT2D eigenvalue weighted by Crippen LogP contribution is 2.46. The number of fused-ring (bicyclic) bond motifs is 3. The summed E-state index contributed by atoms with van der Waals surface area (Å²) in [6, 6.07) is 2.28. The lowest BCUT2D eigenvalue weighted by Gasteiger charge is -2.43. The SMILES string of the molecule is COC(C#N)C1CC2CCC1CC2. The van der Waals surface area contributed by atoms with E-state index in [2.05, 4.69) is 6.07 Å². The number of methoxy groups -OCH3 is 1. The third-order valence-electron chi connectivity index (χ3n) is 3.87. The van der Waals surface area contributed by atoms with Crippen LogP contribution in [0.15, 0.2) is 0 Å². The van der Waals surface area contributed by atoms with E-state index in [9.17, 15) is 0 Å². The Balaban J connectivity index is 2.04. The van der Waals surface area contributed by atoms with E-state index in [0.29, 0.717) is 5.92 Å². The van der Waals surface area contributed by atoms with Crippen molar-refractivity contribution in [1.82, 2.24) is 0 Å². The molecule has 0 aromatic carbocycles. The molecule has 2 heteroatoms. The Bertz CT molecular complexity index is 213. The van der Waals surface area contributed by atoms with Gasteiger partial charge in [0.05, 0.1) is 6.07 Å². The van der Waals surface area contributed by atoms with Crippen molar-refractivity contribution in [2.75, 3.05) is 7.11 Å². The smallest absolute Gasteiger partial charge is 0.146 e. The van der Waals surface area contributed by atoms with E-state index in [1.165, 1.54) is 32.1 Å². The molecule has 0 spiro atoms. The molecule has 3 rings (SSSR count). The number of rotatable bonds is 2. The van der Waals surface area contributed by atoms with Crippen molar-refractivity contribution < 1.29 is 4.74 Å². The molecule has 13 heavy (non-hydrogen) atoms. The zero-order chi connectivity index (χ0) is 9.26. The average molecular weight is 179 g/mol. The minimum atomic E-state index is -0.145. The summed E-state index contributed by atoms with van der Waals surface area (Å²) < 4.78 is 5.23. The van der Waals surface area contributed by atoms with Crippen molar-refractivity contribution in [2.45, 2.75) is 38.2 Å². The molecule has 0 aliphatic heterocycles. The van der Waals surface area contributed by atoms with Crippen molar-refractivity contribution in [3.05, 3.63) is 0 Å². The molecule has 0 saturated heterocycles. The normalized spacial score (nSPS) is 39.8. The average Bonchev–Trinajstić information content (AvgIpc) is 2.22. The molecule has 3 fully saturated rings. The van der Waals surface area contributed by atoms with Gasteiger partial charge in [-0.15, -0.1) is 0 Å². The van der Waals surface area contributed by atoms with Crippen LogP contribution in [0.3, 0.4) is 0 Å². The minimum absolute atomic E-state index is 0.145. The summed E-state index contributed by atoms with van der Waals surface area (Å²) in [7, 11) is 1.66. The lowest BCUT2D eigenvalue weighted by atomic mass is 9.63. The van der Waals surface area contributed by atoms with E-state index >= 15 is 0 Å². The van der Waals surface area contributed by atoms with Crippen molar-refractivity contribution in [2.24, 2.45) is 17.8 Å². The maximum Gasteiger partial charge on any atom is 0.146 e. The van der Waals surface area contributed by atoms with Crippen molar-refractivity contribution in [3.63, 3.8) is 0 Å². The Morgan fingerprint density at radius 1 is 1.31 bits per heavy atom. The highest BCUT2D eigenvalue weighted by atomic mass is 16.5. The van der Waals surface area contributed by atoms with E-state index in [-0.39, 0.29) is 6.10 Å². The van der Waals surface area contributed by atoms with E-state index in [4.69, 9.17) is 10.00 Å². The van der Waals surface area contributed by atoms with Gasteiger partial charge >= 0.3 is 0 Å². The van der Waals surface area contributed by atoms with Crippen molar-refractivity contribution in [3.8, 4) is 6.07 Å². The summed E-state index contributed by atoms with van der Waals surface area (Å²) in [6.07, 6.45) is 6.53. The van der Waals surface area contributed by atoms with Crippen molar-refractivity contribution >= 4 is 0 Å². The topological polar surface area (TPSA) is 33.0 Å². The van der Waals surface area contributed by atoms with Gasteiger partial charge in [0.1, 0.15) is 6.10 Å². The fraction of sp³-hybridized carbons (Fsp3) is 0.909. The molecule has 0 N–H and O–H groups in total. The van der Waals surface area contributed by atoms with Gasteiger partial charge in [0.2, 0.25) is 0 Å². The minimum Gasteiger partial charge on any atom is -0.366 e. The highest BCUT2D eigenvalue weighted by molar-refractivity contribution is 4.98. The first-order valence-electron chi connectivity index (χ1n) is 5.27. The van der Waals surface area contributed by atoms with E-state index in [1.807, 2.05) is 0 Å². The molecular weight excluding hydrogens is 162 g/mol. The Kier molecular flexibility index (Phi) is 2.55. The molecule has 2 unspecified atom stereocenters. The first kappa shape index (κ1) is 9.02. The van der Waals surface area contributed by atoms with Crippen LogP contribution in [0.2, 0.25) is 0 Å². The van der Waals surface area contributed by atoms with Gasteiger partial charge in [-0.25, -0.2) is 0 Å². The summed E-state index contributed by atoms with van der Waals surface area (Å²) in [5.74, 6) is 2.19. The van der Waals surface area contributed by atoms with Gasteiger partial charge in [0.25, 0.3) is 0 Å². The molecule has 3 aliphatic rings. The Hall–Kier alpha value is -0.550. The summed E-state index contributed by atoms with van der Waals surface area (Å²) in [5, 5.41) is 8.93. The first-order valence-corrected chi connectivity index (χ1v) is 5.27. The second-order valence-corrected chi connectivity index (χ2v) is 4.47. The molecule has 2 atom stereocenters. The maximum absolute atomic E-state index is 8.93. The van der Waals surface area contributed by atoms with E-state index in [1.54, 1.807) is 7.11 Å². The molecule has 0 heterocycles. The number of nitrogens with zero attached hydrogens (tertiary/aromatic N) is 1. The summed E-state index contributed by atoms with van der Waals surface area (Å²) in [6.45, 7) is 0. The number of hydrogen-bond donors (Lipinski definition) is 0. The van der Waals surface area contributed by atoms with Crippen LogP contribution in [0.5, 0.6) is 0 Å². The molecule has 2 nitrogen and oxygen atoms in total. The van der Waals surface area contributed by atoms with Gasteiger partial charge in [-0.2, -0.15) is 5.26 Å². The lowest BCUT2D eigenvalue weighted by Crippen LogP contribution is -2.38. The Morgan fingerprint density at radius 3 is 2.38 bits per heavy atom. The molecule has 3 saturated carbocycles. The third-order valence-corrected chi connectivity index (χ3v) is 3.87. The van der Waals surface area contributed by atoms with Crippen LogP contribution in [0.1, 0.15) is 32.1 Å². The lowest BCUT2D eigenvalue weighted by molar-refractivity contribution is -0.0000713. The monoisotopic (exact) mass is 179 g/mol. The van der Waals surface area contributed by atoms with E-state index < -0.39 is 0 Å². The van der Waals surface area contributed by atoms with Gasteiger partial charge < -0.3 is 4.74 Å². The largest absolute Gasteiger partial charge is 0.366 e. The molecule has 0 amide bonds. The van der Waals surface area contributed by atoms with Crippen LogP contribution in [-0.2, 0) is 4.74 Å². The Labute approximate surface area is 79.9 Å². The summed E-state index contributed by atoms with van der Waals surface area (Å²) >= 11 is 0. The third kappa shape index (κ3) is 1.58. The van der Waals surface area contributed by atoms with Gasteiger partial charge in [-0.05, 0) is 31.1 Å². The van der Waals surface area contributed by atoms with Crippen LogP contribution in [0.25, 0.3) is 0 Å². The van der Waals surface area contributed by atoms with Crippen LogP contribution in [-0.4, -0.2) is 13.2 Å². The predicted octanol–water partition coefficient (Wildman–Crippen LogP) is 2.35. The van der Waals surface area contributed by atoms with Crippen LogP contribution >= 0.6 is 0 Å². The second kappa shape index (κ2) is 3.67. The number of hydrogen-bond acceptors (Lipinski definition) is 2. The van der Waals surface area contributed by atoms with Crippen LogP contribution in [0, 0.1) is 29.1 Å². The molecule has 0 aromatic heterocycles. The molecule has 0 radical (unpaired) electrons. The molecule has 72 valence electrons. The van der Waals surface area contributed by atoms with Gasteiger partial charge in [-0.1, -0.05) is 12.8 Å². The molecular formula is C11H17NO. The quantitative estimate of drug-likeness (QED) is 0.652. The fourth-order valence-electron chi connectivity index (χ4n) is 3.12. The number of nitriles is 1. The van der Waals surface area contributed by atoms with Crippen LogP contribution in [0.4, 0.5) is 0 Å². The molecule has 0 aromatic rings. The first-order chi connectivity index (χ1) is 6.35. The molecule has 3 aliphatic carbocycles. The van der Waals surface area contributed by atoms with Gasteiger partial charge in [0, 0.05) is 13.0 Å². The van der Waals surface area contributed by atoms with Crippen molar-refractivity contribution in [1.29, 1.82) is 5.26 Å². The number of ether oxygens (including phenoxy) is 1. The van der Waals surface area contributed by atoms with Crippen LogP contribution < -0.4 is 0 Å². The van der Waals surface area contributed by atoms with Gasteiger partial charge in [-0.3, -0.25) is 0 Å². The maximum atomic E-state index is 8.93. The molecule has 2 bridgehead atoms. The fourth-order valence-corrected chi connectivity index (χ4v) is 3.12. The zero-order valence-corrected chi connectivity index (χ0v) is 8.20. The van der Waals surface area contributed by atoms with E-state index in [0.717, 1.165) is 11.8 Å². The zero-order valence-electron chi connectivity index (χ0n) is 8.20. The second-order valence-electron chi connectivity index (χ2n) is 4.47. The predicted molar refractivity (Wildman–Crippen MR) is 50.0 cm³/mol. The Morgan fingerprint density at radius 2 is 2.00 bits per heavy atom. The summed E-state index contributed by atoms with van der Waals surface area (Å²) in [5.41, 5.74) is 0. The highest BCUT2D eigenvalue weighted by Gasteiger charge is 2.39. The standard InChI is InChI=1S/C11H17NO/c1-13-11(7-12)10-6-8-2-4-9(10)5-3-8/h8-11H,2-6H2,1H3.